The fourth-order valence-corrected chi connectivity index (χ4v) is 5.93. The number of aliphatic hydroxyl groups is 1. The van der Waals surface area contributed by atoms with Crippen molar-refractivity contribution < 1.29 is 9.90 Å². The van der Waals surface area contributed by atoms with Crippen LogP contribution in [0.1, 0.15) is 65.4 Å². The standard InChI is InChI=1S/C26H41N3O2/c1-16-8-7-9-21(16)18-10-12-19(13-11-18)28-29-25(31)23-15-20(30)14-22(23)17(2)24(27-6)26(3,4)5/h7-8,10-13,16-17,20-24,27-28,30H,9,14-15H2,1-6H3,(H,29,31). The van der Waals surface area contributed by atoms with Crippen LogP contribution in [0.2, 0.25) is 0 Å². The molecule has 2 aliphatic rings. The summed E-state index contributed by atoms with van der Waals surface area (Å²) >= 11 is 0. The maximum absolute atomic E-state index is 13.0. The fourth-order valence-electron chi connectivity index (χ4n) is 5.93. The summed E-state index contributed by atoms with van der Waals surface area (Å²) in [5.74, 6) is 1.32. The number of carbonyl (C=O) groups excluding carboxylic acids is 1. The average Bonchev–Trinajstić information content (AvgIpc) is 3.31. The van der Waals surface area contributed by atoms with Crippen LogP contribution < -0.4 is 16.2 Å². The Morgan fingerprint density at radius 3 is 2.39 bits per heavy atom. The molecule has 172 valence electrons. The normalized spacial score (nSPS) is 30.2. The number of carbonyl (C=O) groups is 1. The molecule has 0 aromatic heterocycles. The van der Waals surface area contributed by atoms with Crippen LogP contribution in [0.4, 0.5) is 5.69 Å². The average molecular weight is 428 g/mol. The third-order valence-corrected chi connectivity index (χ3v) is 7.50. The first-order valence-electron chi connectivity index (χ1n) is 11.8. The van der Waals surface area contributed by atoms with E-state index in [1.165, 1.54) is 5.56 Å². The number of aliphatic hydroxyl groups excluding tert-OH is 1. The van der Waals surface area contributed by atoms with Gasteiger partial charge in [-0.25, -0.2) is 0 Å². The second kappa shape index (κ2) is 9.74. The zero-order chi connectivity index (χ0) is 22.8. The summed E-state index contributed by atoms with van der Waals surface area (Å²) in [6, 6.07) is 8.62. The van der Waals surface area contributed by atoms with Crippen LogP contribution in [0.5, 0.6) is 0 Å². The van der Waals surface area contributed by atoms with E-state index < -0.39 is 6.10 Å². The highest BCUT2D eigenvalue weighted by Gasteiger charge is 2.44. The topological polar surface area (TPSA) is 73.4 Å². The lowest BCUT2D eigenvalue weighted by Crippen LogP contribution is -2.48. The Bertz CT molecular complexity index is 768. The number of hydrogen-bond acceptors (Lipinski definition) is 4. The van der Waals surface area contributed by atoms with E-state index in [1.54, 1.807) is 0 Å². The van der Waals surface area contributed by atoms with Crippen molar-refractivity contribution in [2.45, 2.75) is 71.9 Å². The maximum atomic E-state index is 13.0. The number of amides is 1. The van der Waals surface area contributed by atoms with Gasteiger partial charge in [0.25, 0.3) is 0 Å². The van der Waals surface area contributed by atoms with Crippen LogP contribution in [0.15, 0.2) is 36.4 Å². The number of allylic oxidation sites excluding steroid dienone is 2. The molecule has 0 spiro atoms. The van der Waals surface area contributed by atoms with Crippen molar-refractivity contribution in [3.63, 3.8) is 0 Å². The quantitative estimate of drug-likeness (QED) is 0.383. The lowest BCUT2D eigenvalue weighted by molar-refractivity contribution is -0.126. The highest BCUT2D eigenvalue weighted by molar-refractivity contribution is 5.80. The lowest BCUT2D eigenvalue weighted by atomic mass is 9.71. The van der Waals surface area contributed by atoms with E-state index in [9.17, 15) is 9.90 Å². The van der Waals surface area contributed by atoms with Crippen LogP contribution >= 0.6 is 0 Å². The van der Waals surface area contributed by atoms with Crippen LogP contribution in [-0.2, 0) is 4.79 Å². The maximum Gasteiger partial charge on any atom is 0.241 e. The second-order valence-electron chi connectivity index (χ2n) is 10.8. The first-order chi connectivity index (χ1) is 14.6. The summed E-state index contributed by atoms with van der Waals surface area (Å²) in [6.07, 6.45) is 6.42. The predicted octanol–water partition coefficient (Wildman–Crippen LogP) is 4.47. The Labute approximate surface area is 188 Å². The monoisotopic (exact) mass is 427 g/mol. The first-order valence-corrected chi connectivity index (χ1v) is 11.8. The van der Waals surface area contributed by atoms with Gasteiger partial charge in [-0.3, -0.25) is 15.6 Å². The van der Waals surface area contributed by atoms with Crippen LogP contribution in [-0.4, -0.2) is 30.2 Å². The largest absolute Gasteiger partial charge is 0.393 e. The van der Waals surface area contributed by atoms with Gasteiger partial charge in [-0.15, -0.1) is 0 Å². The summed E-state index contributed by atoms with van der Waals surface area (Å²) < 4.78 is 0. The summed E-state index contributed by atoms with van der Waals surface area (Å²) in [7, 11) is 1.99. The highest BCUT2D eigenvalue weighted by atomic mass is 16.3. The van der Waals surface area contributed by atoms with Gasteiger partial charge in [0.2, 0.25) is 5.91 Å². The summed E-state index contributed by atoms with van der Waals surface area (Å²) in [5, 5.41) is 13.8. The molecule has 7 atom stereocenters. The second-order valence-corrected chi connectivity index (χ2v) is 10.8. The number of nitrogens with one attached hydrogen (secondary N) is 3. The minimum atomic E-state index is -0.415. The molecule has 31 heavy (non-hydrogen) atoms. The molecule has 3 rings (SSSR count). The molecule has 0 heterocycles. The van der Waals surface area contributed by atoms with E-state index in [0.717, 1.165) is 12.1 Å². The summed E-state index contributed by atoms with van der Waals surface area (Å²) in [5.41, 5.74) is 8.28. The number of rotatable bonds is 7. The minimum Gasteiger partial charge on any atom is -0.393 e. The molecule has 0 saturated heterocycles. The van der Waals surface area contributed by atoms with Gasteiger partial charge in [-0.1, -0.05) is 58.9 Å². The molecule has 0 bridgehead atoms. The van der Waals surface area contributed by atoms with Gasteiger partial charge in [0, 0.05) is 12.0 Å². The van der Waals surface area contributed by atoms with Gasteiger partial charge >= 0.3 is 0 Å². The molecule has 1 amide bonds. The smallest absolute Gasteiger partial charge is 0.241 e. The molecule has 1 aromatic rings. The van der Waals surface area contributed by atoms with Crippen molar-refractivity contribution >= 4 is 11.6 Å². The van der Waals surface area contributed by atoms with Crippen molar-refractivity contribution in [1.82, 2.24) is 10.7 Å². The molecule has 4 N–H and O–H groups in total. The Hall–Kier alpha value is -1.85. The van der Waals surface area contributed by atoms with E-state index in [1.807, 2.05) is 19.2 Å². The molecular weight excluding hydrogens is 386 g/mol. The zero-order valence-corrected chi connectivity index (χ0v) is 20.0. The Morgan fingerprint density at radius 2 is 1.84 bits per heavy atom. The van der Waals surface area contributed by atoms with E-state index in [-0.39, 0.29) is 35.1 Å². The van der Waals surface area contributed by atoms with Gasteiger partial charge in [-0.2, -0.15) is 0 Å². The van der Waals surface area contributed by atoms with Crippen molar-refractivity contribution in [3.8, 4) is 0 Å². The van der Waals surface area contributed by atoms with Crippen LogP contribution in [0.3, 0.4) is 0 Å². The Balaban J connectivity index is 1.61. The van der Waals surface area contributed by atoms with Gasteiger partial charge in [0.15, 0.2) is 0 Å². The predicted molar refractivity (Wildman–Crippen MR) is 128 cm³/mol. The van der Waals surface area contributed by atoms with Gasteiger partial charge in [-0.05, 0) is 73.1 Å². The van der Waals surface area contributed by atoms with Crippen molar-refractivity contribution in [2.24, 2.45) is 29.1 Å². The summed E-state index contributed by atoms with van der Waals surface area (Å²) in [4.78, 5) is 13.0. The Morgan fingerprint density at radius 1 is 1.16 bits per heavy atom. The fraction of sp³-hybridized carbons (Fsp3) is 0.654. The number of anilines is 1. The molecule has 5 nitrogen and oxygen atoms in total. The molecular formula is C26H41N3O2. The summed E-state index contributed by atoms with van der Waals surface area (Å²) in [6.45, 7) is 11.1. The molecule has 5 heteroatoms. The molecule has 1 saturated carbocycles. The molecule has 1 fully saturated rings. The molecule has 0 radical (unpaired) electrons. The molecule has 0 aliphatic heterocycles. The highest BCUT2D eigenvalue weighted by Crippen LogP contribution is 2.42. The molecule has 1 aromatic carbocycles. The van der Waals surface area contributed by atoms with E-state index >= 15 is 0 Å². The van der Waals surface area contributed by atoms with E-state index in [0.29, 0.717) is 24.7 Å². The number of hydrazine groups is 1. The zero-order valence-electron chi connectivity index (χ0n) is 20.0. The third-order valence-electron chi connectivity index (χ3n) is 7.50. The van der Waals surface area contributed by atoms with Crippen molar-refractivity contribution in [2.75, 3.05) is 12.5 Å². The third kappa shape index (κ3) is 5.50. The Kier molecular flexibility index (Phi) is 7.48. The number of hydrogen-bond donors (Lipinski definition) is 4. The van der Waals surface area contributed by atoms with Crippen molar-refractivity contribution in [1.29, 1.82) is 0 Å². The first kappa shape index (κ1) is 23.8. The minimum absolute atomic E-state index is 0.0325. The lowest BCUT2D eigenvalue weighted by Gasteiger charge is -2.39. The SMILES string of the molecule is CNC(C(C)C1CC(O)CC1C(=O)NNc1ccc(C2CC=CC2C)cc1)C(C)(C)C. The van der Waals surface area contributed by atoms with E-state index in [2.05, 4.69) is 75.1 Å². The van der Waals surface area contributed by atoms with Crippen molar-refractivity contribution in [3.05, 3.63) is 42.0 Å². The molecule has 2 aliphatic carbocycles. The molecule has 7 unspecified atom stereocenters. The van der Waals surface area contributed by atoms with Crippen LogP contribution in [0, 0.1) is 29.1 Å². The van der Waals surface area contributed by atoms with Gasteiger partial charge in [0.1, 0.15) is 0 Å². The van der Waals surface area contributed by atoms with E-state index in [4.69, 9.17) is 0 Å². The van der Waals surface area contributed by atoms with Gasteiger partial charge in [0.05, 0.1) is 11.8 Å². The van der Waals surface area contributed by atoms with Gasteiger partial charge < -0.3 is 10.4 Å². The van der Waals surface area contributed by atoms with Crippen LogP contribution in [0.25, 0.3) is 0 Å². The number of benzene rings is 1.